The van der Waals surface area contributed by atoms with Crippen molar-refractivity contribution in [2.45, 2.75) is 0 Å². The smallest absolute Gasteiger partial charge is 0.340 e. The number of aromatic nitrogens is 2. The van der Waals surface area contributed by atoms with Gasteiger partial charge >= 0.3 is 5.97 Å². The van der Waals surface area contributed by atoms with Crippen LogP contribution in [0.2, 0.25) is 5.02 Å². The van der Waals surface area contributed by atoms with Crippen LogP contribution in [-0.2, 0) is 7.05 Å². The van der Waals surface area contributed by atoms with Gasteiger partial charge in [-0.3, -0.25) is 0 Å². The number of carbonyl (C=O) groups is 1. The third-order valence-electron chi connectivity index (χ3n) is 2.20. The SMILES string of the molecule is Cn1cnc2c(Br)c(Cl)c(F)c(C(=O)O)c21. The Bertz CT molecular complexity index is 611. The number of fused-ring (bicyclic) bond motifs is 1. The zero-order chi connectivity index (χ0) is 12.0. The van der Waals surface area contributed by atoms with E-state index >= 15 is 0 Å². The molecule has 0 saturated heterocycles. The van der Waals surface area contributed by atoms with Crippen LogP contribution in [0.1, 0.15) is 10.4 Å². The molecule has 84 valence electrons. The first-order valence-corrected chi connectivity index (χ1v) is 5.33. The number of hydrogen-bond acceptors (Lipinski definition) is 2. The molecule has 2 aromatic rings. The van der Waals surface area contributed by atoms with Crippen LogP contribution < -0.4 is 0 Å². The number of aromatic carboxylic acids is 1. The van der Waals surface area contributed by atoms with E-state index in [1.54, 1.807) is 7.05 Å². The van der Waals surface area contributed by atoms with Gasteiger partial charge in [0.25, 0.3) is 0 Å². The van der Waals surface area contributed by atoms with E-state index < -0.39 is 17.3 Å². The molecule has 1 aromatic heterocycles. The van der Waals surface area contributed by atoms with Gasteiger partial charge in [-0.05, 0) is 15.9 Å². The summed E-state index contributed by atoms with van der Waals surface area (Å²) in [7, 11) is 1.58. The Morgan fingerprint density at radius 2 is 2.31 bits per heavy atom. The molecule has 0 spiro atoms. The second kappa shape index (κ2) is 3.71. The van der Waals surface area contributed by atoms with Crippen molar-refractivity contribution >= 4 is 44.5 Å². The third-order valence-corrected chi connectivity index (χ3v) is 3.56. The molecule has 0 unspecified atom stereocenters. The molecule has 0 aliphatic heterocycles. The molecular weight excluding hydrogens is 302 g/mol. The van der Waals surface area contributed by atoms with Crippen molar-refractivity contribution in [3.05, 3.63) is 27.2 Å². The summed E-state index contributed by atoms with van der Waals surface area (Å²) in [5, 5.41) is 8.69. The number of benzene rings is 1. The molecule has 1 N–H and O–H groups in total. The maximum atomic E-state index is 13.7. The first-order valence-electron chi connectivity index (χ1n) is 4.16. The van der Waals surface area contributed by atoms with Crippen LogP contribution in [0.5, 0.6) is 0 Å². The Hall–Kier alpha value is -1.14. The molecule has 0 fully saturated rings. The number of nitrogens with zero attached hydrogens (tertiary/aromatic N) is 2. The minimum absolute atomic E-state index is 0.196. The lowest BCUT2D eigenvalue weighted by Gasteiger charge is -2.06. The van der Waals surface area contributed by atoms with Gasteiger partial charge in [0.05, 0.1) is 21.3 Å². The van der Waals surface area contributed by atoms with Crippen molar-refractivity contribution in [1.82, 2.24) is 9.55 Å². The minimum Gasteiger partial charge on any atom is -0.478 e. The van der Waals surface area contributed by atoms with E-state index in [0.29, 0.717) is 5.52 Å². The van der Waals surface area contributed by atoms with E-state index in [4.69, 9.17) is 16.7 Å². The molecule has 1 heterocycles. The maximum absolute atomic E-state index is 13.7. The van der Waals surface area contributed by atoms with Crippen LogP contribution in [0.3, 0.4) is 0 Å². The number of hydrogen-bond donors (Lipinski definition) is 1. The summed E-state index contributed by atoms with van der Waals surface area (Å²) < 4.78 is 15.4. The highest BCUT2D eigenvalue weighted by molar-refractivity contribution is 9.10. The summed E-state index contributed by atoms with van der Waals surface area (Å²) in [6.07, 6.45) is 1.40. The first kappa shape index (κ1) is 11.3. The second-order valence-corrected chi connectivity index (χ2v) is 4.35. The molecule has 0 aliphatic rings. The van der Waals surface area contributed by atoms with Crippen molar-refractivity contribution in [2.75, 3.05) is 0 Å². The van der Waals surface area contributed by atoms with E-state index in [0.717, 1.165) is 0 Å². The van der Waals surface area contributed by atoms with Crippen molar-refractivity contribution in [3.63, 3.8) is 0 Å². The first-order chi connectivity index (χ1) is 7.45. The van der Waals surface area contributed by atoms with Crippen LogP contribution in [-0.4, -0.2) is 20.6 Å². The van der Waals surface area contributed by atoms with E-state index in [2.05, 4.69) is 20.9 Å². The van der Waals surface area contributed by atoms with Crippen molar-refractivity contribution < 1.29 is 14.3 Å². The van der Waals surface area contributed by atoms with Gasteiger partial charge in [-0.1, -0.05) is 11.6 Å². The van der Waals surface area contributed by atoms with E-state index in [1.165, 1.54) is 10.9 Å². The molecule has 1 aromatic carbocycles. The van der Waals surface area contributed by atoms with Gasteiger partial charge in [-0.15, -0.1) is 0 Å². The van der Waals surface area contributed by atoms with Gasteiger partial charge in [0, 0.05) is 7.05 Å². The van der Waals surface area contributed by atoms with Gasteiger partial charge in [0.15, 0.2) is 5.82 Å². The molecule has 0 bridgehead atoms. The Morgan fingerprint density at radius 3 is 2.88 bits per heavy atom. The number of imidazole rings is 1. The average Bonchev–Trinajstić information content (AvgIpc) is 2.58. The Kier molecular flexibility index (Phi) is 2.63. The topological polar surface area (TPSA) is 55.1 Å². The highest BCUT2D eigenvalue weighted by Crippen LogP contribution is 2.35. The maximum Gasteiger partial charge on any atom is 0.340 e. The molecule has 7 heteroatoms. The highest BCUT2D eigenvalue weighted by atomic mass is 79.9. The third kappa shape index (κ3) is 1.41. The van der Waals surface area contributed by atoms with Gasteiger partial charge in [-0.2, -0.15) is 0 Å². The minimum atomic E-state index is -1.37. The number of carboxylic acid groups (broad SMARTS) is 1. The Labute approximate surface area is 103 Å². The molecule has 0 atom stereocenters. The summed E-state index contributed by atoms with van der Waals surface area (Å²) in [5.41, 5.74) is 0.0516. The van der Waals surface area contributed by atoms with E-state index in [1.807, 2.05) is 0 Å². The number of carboxylic acids is 1. The molecule has 0 saturated carbocycles. The van der Waals surface area contributed by atoms with Crippen LogP contribution in [0, 0.1) is 5.82 Å². The van der Waals surface area contributed by atoms with Crippen molar-refractivity contribution in [3.8, 4) is 0 Å². The van der Waals surface area contributed by atoms with Gasteiger partial charge in [0.2, 0.25) is 0 Å². The monoisotopic (exact) mass is 306 g/mol. The van der Waals surface area contributed by atoms with Gasteiger partial charge in [0.1, 0.15) is 11.1 Å². The molecule has 4 nitrogen and oxygen atoms in total. The molecular formula is C9H5BrClFN2O2. The number of rotatable bonds is 1. The standard InChI is InChI=1S/C9H5BrClFN2O2/c1-14-2-13-7-4(10)5(11)6(12)3(8(7)14)9(15)16/h2H,1H3,(H,15,16). The Morgan fingerprint density at radius 1 is 1.69 bits per heavy atom. The lowest BCUT2D eigenvalue weighted by atomic mass is 10.1. The van der Waals surface area contributed by atoms with Crippen LogP contribution in [0.15, 0.2) is 10.8 Å². The highest BCUT2D eigenvalue weighted by Gasteiger charge is 2.24. The van der Waals surface area contributed by atoms with Gasteiger partial charge < -0.3 is 9.67 Å². The van der Waals surface area contributed by atoms with E-state index in [-0.39, 0.29) is 15.0 Å². The largest absolute Gasteiger partial charge is 0.478 e. The summed E-state index contributed by atoms with van der Waals surface area (Å²) in [4.78, 5) is 15.0. The fourth-order valence-electron chi connectivity index (χ4n) is 1.49. The zero-order valence-electron chi connectivity index (χ0n) is 7.96. The number of halogens is 3. The van der Waals surface area contributed by atoms with Crippen LogP contribution >= 0.6 is 27.5 Å². The summed E-state index contributed by atoms with van der Waals surface area (Å²) in [6.45, 7) is 0. The normalized spacial score (nSPS) is 11.0. The van der Waals surface area contributed by atoms with Crippen molar-refractivity contribution in [1.29, 1.82) is 0 Å². The predicted molar refractivity (Wildman–Crippen MR) is 60.3 cm³/mol. The van der Waals surface area contributed by atoms with Crippen LogP contribution in [0.4, 0.5) is 4.39 Å². The average molecular weight is 308 g/mol. The second-order valence-electron chi connectivity index (χ2n) is 3.17. The number of aryl methyl sites for hydroxylation is 1. The molecule has 0 aliphatic carbocycles. The molecule has 16 heavy (non-hydrogen) atoms. The summed E-state index contributed by atoms with van der Waals surface area (Å²) >= 11 is 8.77. The lowest BCUT2D eigenvalue weighted by molar-refractivity contribution is 0.0693. The Balaban J connectivity index is 3.07. The lowest BCUT2D eigenvalue weighted by Crippen LogP contribution is -2.05. The fourth-order valence-corrected chi connectivity index (χ4v) is 2.14. The molecule has 0 amide bonds. The predicted octanol–water partition coefficient (Wildman–Crippen LogP) is 2.83. The van der Waals surface area contributed by atoms with Crippen LogP contribution in [0.25, 0.3) is 11.0 Å². The summed E-state index contributed by atoms with van der Waals surface area (Å²) in [5.74, 6) is -2.34. The van der Waals surface area contributed by atoms with Crippen molar-refractivity contribution in [2.24, 2.45) is 7.05 Å². The zero-order valence-corrected chi connectivity index (χ0v) is 10.3. The summed E-state index contributed by atoms with van der Waals surface area (Å²) in [6, 6.07) is 0. The molecule has 2 rings (SSSR count). The molecule has 0 radical (unpaired) electrons. The van der Waals surface area contributed by atoms with Gasteiger partial charge in [-0.25, -0.2) is 14.2 Å². The van der Waals surface area contributed by atoms with E-state index in [9.17, 15) is 9.18 Å². The quantitative estimate of drug-likeness (QED) is 0.824. The fraction of sp³-hybridized carbons (Fsp3) is 0.111.